The first-order chi connectivity index (χ1) is 13.4. The average Bonchev–Trinajstić information content (AvgIpc) is 2.69. The fraction of sp³-hybridized carbons (Fsp3) is 0.227. The second kappa shape index (κ2) is 8.12. The van der Waals surface area contributed by atoms with E-state index in [1.807, 2.05) is 44.2 Å². The van der Waals surface area contributed by atoms with E-state index in [1.54, 1.807) is 12.1 Å². The maximum absolute atomic E-state index is 14.5. The zero-order chi connectivity index (χ0) is 20.4. The highest BCUT2D eigenvalue weighted by Gasteiger charge is 2.31. The van der Waals surface area contributed by atoms with E-state index in [4.69, 9.17) is 11.5 Å². The molecule has 0 saturated carbocycles. The fourth-order valence-electron chi connectivity index (χ4n) is 3.63. The minimum absolute atomic E-state index is 0.0263. The van der Waals surface area contributed by atoms with Gasteiger partial charge in [-0.3, -0.25) is 0 Å². The summed E-state index contributed by atoms with van der Waals surface area (Å²) in [6.07, 6.45) is 0.671. The molecule has 3 aromatic rings. The molecule has 0 aliphatic carbocycles. The van der Waals surface area contributed by atoms with Gasteiger partial charge < -0.3 is 11.5 Å². The quantitative estimate of drug-likeness (QED) is 0.647. The molecule has 0 aliphatic heterocycles. The van der Waals surface area contributed by atoms with Gasteiger partial charge >= 0.3 is 0 Å². The van der Waals surface area contributed by atoms with Gasteiger partial charge in [-0.15, -0.1) is 0 Å². The van der Waals surface area contributed by atoms with Crippen LogP contribution in [0, 0.1) is 31.4 Å². The predicted octanol–water partition coefficient (Wildman–Crippen LogP) is 4.20. The van der Waals surface area contributed by atoms with Crippen molar-refractivity contribution in [2.75, 3.05) is 6.54 Å². The lowest BCUT2D eigenvalue weighted by Gasteiger charge is -2.27. The average molecular weight is 385 g/mol. The van der Waals surface area contributed by atoms with Crippen LogP contribution < -0.4 is 11.5 Å². The van der Waals surface area contributed by atoms with Crippen molar-refractivity contribution in [3.63, 3.8) is 0 Å². The van der Waals surface area contributed by atoms with Crippen LogP contribution in [0.25, 0.3) is 11.1 Å². The molecule has 4 N–H and O–H groups in total. The third kappa shape index (κ3) is 3.53. The van der Waals surface area contributed by atoms with E-state index in [1.165, 1.54) is 0 Å². The lowest BCUT2D eigenvalue weighted by molar-refractivity contribution is 0.434. The Labute approximate surface area is 162 Å². The molecular formula is C22H22F3N3. The van der Waals surface area contributed by atoms with E-state index in [2.05, 4.69) is 4.98 Å². The maximum Gasteiger partial charge on any atom is 0.249 e. The number of halogens is 3. The molecule has 0 amide bonds. The van der Waals surface area contributed by atoms with Crippen LogP contribution in [0.3, 0.4) is 0 Å². The van der Waals surface area contributed by atoms with Crippen molar-refractivity contribution in [2.24, 2.45) is 11.5 Å². The number of hydrogen-bond acceptors (Lipinski definition) is 3. The molecule has 146 valence electrons. The van der Waals surface area contributed by atoms with Crippen LogP contribution in [0.1, 0.15) is 28.2 Å². The first-order valence-corrected chi connectivity index (χ1v) is 8.97. The molecule has 28 heavy (non-hydrogen) atoms. The van der Waals surface area contributed by atoms with Gasteiger partial charge in [0.1, 0.15) is 5.82 Å². The summed E-state index contributed by atoms with van der Waals surface area (Å²) in [5.74, 6) is -4.60. The number of aromatic nitrogens is 1. The smallest absolute Gasteiger partial charge is 0.249 e. The lowest BCUT2D eigenvalue weighted by Crippen LogP contribution is -2.38. The second-order valence-electron chi connectivity index (χ2n) is 6.84. The van der Waals surface area contributed by atoms with Crippen LogP contribution in [-0.2, 0) is 0 Å². The van der Waals surface area contributed by atoms with Gasteiger partial charge in [0.2, 0.25) is 5.95 Å². The summed E-state index contributed by atoms with van der Waals surface area (Å²) in [7, 11) is 0. The Morgan fingerprint density at radius 2 is 1.64 bits per heavy atom. The van der Waals surface area contributed by atoms with Crippen molar-refractivity contribution >= 4 is 0 Å². The van der Waals surface area contributed by atoms with Crippen LogP contribution in [-0.4, -0.2) is 17.6 Å². The summed E-state index contributed by atoms with van der Waals surface area (Å²) in [6, 6.07) is 12.5. The van der Waals surface area contributed by atoms with Crippen molar-refractivity contribution in [1.29, 1.82) is 0 Å². The minimum atomic E-state index is -1.36. The molecule has 0 saturated heterocycles. The number of hydrogen-bond donors (Lipinski definition) is 2. The van der Waals surface area contributed by atoms with Gasteiger partial charge in [-0.05, 0) is 41.7 Å². The van der Waals surface area contributed by atoms with Gasteiger partial charge in [-0.2, -0.15) is 4.39 Å². The molecule has 1 unspecified atom stereocenters. The molecule has 0 bridgehead atoms. The first kappa shape index (κ1) is 20.0. The summed E-state index contributed by atoms with van der Waals surface area (Å²) in [5.41, 5.74) is 15.8. The highest BCUT2D eigenvalue weighted by Crippen LogP contribution is 2.37. The Hall–Kier alpha value is -2.70. The van der Waals surface area contributed by atoms with Gasteiger partial charge in [0.25, 0.3) is 0 Å². The van der Waals surface area contributed by atoms with Gasteiger partial charge in [0, 0.05) is 24.1 Å². The van der Waals surface area contributed by atoms with Crippen molar-refractivity contribution in [1.82, 2.24) is 4.98 Å². The van der Waals surface area contributed by atoms with Crippen LogP contribution in [0.15, 0.2) is 48.7 Å². The molecular weight excluding hydrogens is 363 g/mol. The highest BCUT2D eigenvalue weighted by atomic mass is 19.2. The molecule has 1 heterocycles. The summed E-state index contributed by atoms with van der Waals surface area (Å²) in [6.45, 7) is 3.82. The summed E-state index contributed by atoms with van der Waals surface area (Å²) in [4.78, 5) is 3.11. The third-order valence-corrected chi connectivity index (χ3v) is 5.12. The van der Waals surface area contributed by atoms with E-state index in [0.29, 0.717) is 11.8 Å². The first-order valence-electron chi connectivity index (χ1n) is 8.97. The van der Waals surface area contributed by atoms with E-state index >= 15 is 0 Å². The van der Waals surface area contributed by atoms with Crippen LogP contribution in [0.2, 0.25) is 0 Å². The lowest BCUT2D eigenvalue weighted by atomic mass is 9.80. The third-order valence-electron chi connectivity index (χ3n) is 5.12. The number of benzene rings is 2. The number of nitrogens with two attached hydrogens (primary N) is 2. The zero-order valence-electron chi connectivity index (χ0n) is 15.7. The molecule has 0 aliphatic rings. The Morgan fingerprint density at radius 1 is 0.964 bits per heavy atom. The van der Waals surface area contributed by atoms with E-state index in [9.17, 15) is 13.2 Å². The largest absolute Gasteiger partial charge is 0.329 e. The number of nitrogens with zero attached hydrogens (tertiary/aromatic N) is 1. The van der Waals surface area contributed by atoms with Crippen molar-refractivity contribution in [3.8, 4) is 11.1 Å². The summed E-state index contributed by atoms with van der Waals surface area (Å²) < 4.78 is 42.8. The number of rotatable bonds is 5. The number of aryl methyl sites for hydroxylation is 1. The molecule has 2 aromatic carbocycles. The van der Waals surface area contributed by atoms with Gasteiger partial charge in [-0.25, -0.2) is 13.8 Å². The van der Waals surface area contributed by atoms with Gasteiger partial charge in [0.15, 0.2) is 5.82 Å². The maximum atomic E-state index is 14.5. The molecule has 0 radical (unpaired) electrons. The molecule has 3 rings (SSSR count). The van der Waals surface area contributed by atoms with Crippen molar-refractivity contribution < 1.29 is 13.2 Å². The molecule has 0 fully saturated rings. The highest BCUT2D eigenvalue weighted by molar-refractivity contribution is 5.72. The Morgan fingerprint density at radius 3 is 2.32 bits per heavy atom. The summed E-state index contributed by atoms with van der Waals surface area (Å²) in [5, 5.41) is 0. The molecule has 0 spiro atoms. The number of pyridine rings is 1. The minimum Gasteiger partial charge on any atom is -0.329 e. The molecule has 1 aromatic heterocycles. The van der Waals surface area contributed by atoms with Crippen LogP contribution in [0.5, 0.6) is 0 Å². The Bertz CT molecular complexity index is 1000. The van der Waals surface area contributed by atoms with Gasteiger partial charge in [-0.1, -0.05) is 42.5 Å². The Kier molecular flexibility index (Phi) is 5.82. The SMILES string of the molecule is Cc1ccccc1-c1cccc(C(c2c(F)cnc(F)c2F)[C@H](N)CN)c1C. The van der Waals surface area contributed by atoms with Crippen LogP contribution in [0.4, 0.5) is 13.2 Å². The Balaban J connectivity index is 2.26. The predicted molar refractivity (Wildman–Crippen MR) is 104 cm³/mol. The van der Waals surface area contributed by atoms with E-state index in [0.717, 1.165) is 22.3 Å². The van der Waals surface area contributed by atoms with E-state index < -0.39 is 35.1 Å². The topological polar surface area (TPSA) is 64.9 Å². The standard InChI is InChI=1S/C22H22F3N3/c1-12-6-3-4-7-14(12)15-8-5-9-16(13(15)2)19(18(27)10-26)20-17(23)11-28-22(25)21(20)24/h3-9,11,18-19H,10,26-27H2,1-2H3/t18-,19?/m1/s1. The monoisotopic (exact) mass is 385 g/mol. The summed E-state index contributed by atoms with van der Waals surface area (Å²) >= 11 is 0. The zero-order valence-corrected chi connectivity index (χ0v) is 15.7. The van der Waals surface area contributed by atoms with E-state index in [-0.39, 0.29) is 6.54 Å². The molecule has 3 nitrogen and oxygen atoms in total. The molecule has 6 heteroatoms. The van der Waals surface area contributed by atoms with Crippen molar-refractivity contribution in [2.45, 2.75) is 25.8 Å². The molecule has 2 atom stereocenters. The van der Waals surface area contributed by atoms with Crippen LogP contribution >= 0.6 is 0 Å². The second-order valence-corrected chi connectivity index (χ2v) is 6.84. The van der Waals surface area contributed by atoms with Crippen molar-refractivity contribution in [3.05, 3.63) is 88.5 Å². The van der Waals surface area contributed by atoms with Gasteiger partial charge in [0.05, 0.1) is 6.20 Å². The fourth-order valence-corrected chi connectivity index (χ4v) is 3.63. The normalized spacial score (nSPS) is 13.4.